The van der Waals surface area contributed by atoms with E-state index < -0.39 is 0 Å². The average molecular weight is 350 g/mol. The fourth-order valence-electron chi connectivity index (χ4n) is 1.90. The molecule has 0 saturated heterocycles. The number of benzene rings is 1. The van der Waals surface area contributed by atoms with Gasteiger partial charge in [-0.2, -0.15) is 5.10 Å². The van der Waals surface area contributed by atoms with Gasteiger partial charge in [-0.05, 0) is 31.2 Å². The number of nitrogens with one attached hydrogen (secondary N) is 1. The summed E-state index contributed by atoms with van der Waals surface area (Å²) in [6.07, 6.45) is 3.18. The Hall–Kier alpha value is -2.08. The molecule has 0 bridgehead atoms. The summed E-state index contributed by atoms with van der Waals surface area (Å²) < 4.78 is 7.80. The summed E-state index contributed by atoms with van der Waals surface area (Å²) >= 11 is 3.40. The number of amides is 1. The number of carbonyl (C=O) groups is 1. The van der Waals surface area contributed by atoms with Crippen LogP contribution in [0.3, 0.4) is 0 Å². The van der Waals surface area contributed by atoms with E-state index in [1.54, 1.807) is 24.9 Å². The number of halogens is 1. The highest BCUT2D eigenvalue weighted by Gasteiger charge is 2.05. The molecule has 110 valence electrons. The second-order valence-corrected chi connectivity index (χ2v) is 5.42. The Bertz CT molecular complexity index is 692. The Labute approximate surface area is 131 Å². The van der Waals surface area contributed by atoms with Crippen LogP contribution in [0.5, 0.6) is 5.75 Å². The van der Waals surface area contributed by atoms with Gasteiger partial charge in [0.1, 0.15) is 11.6 Å². The van der Waals surface area contributed by atoms with Crippen LogP contribution in [0.25, 0.3) is 6.08 Å². The predicted molar refractivity (Wildman–Crippen MR) is 86.3 cm³/mol. The van der Waals surface area contributed by atoms with Crippen molar-refractivity contribution in [2.75, 3.05) is 12.4 Å². The summed E-state index contributed by atoms with van der Waals surface area (Å²) in [7, 11) is 3.38. The van der Waals surface area contributed by atoms with Crippen molar-refractivity contribution < 1.29 is 9.53 Å². The minimum atomic E-state index is -0.222. The molecule has 5 nitrogen and oxygen atoms in total. The Kier molecular flexibility index (Phi) is 4.80. The zero-order valence-corrected chi connectivity index (χ0v) is 13.6. The molecule has 0 aliphatic carbocycles. The largest absolute Gasteiger partial charge is 0.496 e. The fourth-order valence-corrected chi connectivity index (χ4v) is 2.28. The highest BCUT2D eigenvalue weighted by atomic mass is 79.9. The summed E-state index contributed by atoms with van der Waals surface area (Å²) in [5.41, 5.74) is 1.67. The molecule has 0 aliphatic rings. The average Bonchev–Trinajstić information content (AvgIpc) is 2.74. The van der Waals surface area contributed by atoms with Crippen molar-refractivity contribution in [3.05, 3.63) is 46.1 Å². The Morgan fingerprint density at radius 3 is 2.81 bits per heavy atom. The molecule has 0 unspecified atom stereocenters. The molecule has 1 N–H and O–H groups in total. The number of aryl methyl sites for hydroxylation is 2. The van der Waals surface area contributed by atoms with Gasteiger partial charge in [-0.15, -0.1) is 0 Å². The first kappa shape index (κ1) is 15.3. The third-order valence-corrected chi connectivity index (χ3v) is 3.35. The minimum absolute atomic E-state index is 0.222. The van der Waals surface area contributed by atoms with Crippen LogP contribution in [0.15, 0.2) is 34.8 Å². The molecule has 6 heteroatoms. The molecule has 1 amide bonds. The molecule has 21 heavy (non-hydrogen) atoms. The number of ether oxygens (including phenoxy) is 1. The molecule has 0 saturated carbocycles. The van der Waals surface area contributed by atoms with E-state index >= 15 is 0 Å². The number of methoxy groups -OCH3 is 1. The number of nitrogens with zero attached hydrogens (tertiary/aromatic N) is 2. The van der Waals surface area contributed by atoms with Crippen LogP contribution < -0.4 is 10.1 Å². The summed E-state index contributed by atoms with van der Waals surface area (Å²) in [4.78, 5) is 11.9. The first-order chi connectivity index (χ1) is 9.99. The Morgan fingerprint density at radius 1 is 1.43 bits per heavy atom. The normalized spacial score (nSPS) is 10.9. The van der Waals surface area contributed by atoms with E-state index in [4.69, 9.17) is 4.74 Å². The van der Waals surface area contributed by atoms with Gasteiger partial charge in [0.2, 0.25) is 5.91 Å². The van der Waals surface area contributed by atoms with E-state index in [1.165, 1.54) is 6.08 Å². The van der Waals surface area contributed by atoms with Gasteiger partial charge in [-0.1, -0.05) is 15.9 Å². The summed E-state index contributed by atoms with van der Waals surface area (Å²) in [5, 5.41) is 6.95. The standard InChI is InChI=1S/C15H16BrN3O2/c1-10-8-14(19(2)18-10)17-15(20)7-4-11-9-12(16)5-6-13(11)21-3/h4-9H,1-3H3,(H,17,20)/b7-4+. The lowest BCUT2D eigenvalue weighted by atomic mass is 10.2. The van der Waals surface area contributed by atoms with Crippen LogP contribution in [0.4, 0.5) is 5.82 Å². The fraction of sp³-hybridized carbons (Fsp3) is 0.200. The molecule has 0 spiro atoms. The first-order valence-electron chi connectivity index (χ1n) is 6.33. The quantitative estimate of drug-likeness (QED) is 0.862. The van der Waals surface area contributed by atoms with Crippen LogP contribution in [0.2, 0.25) is 0 Å². The van der Waals surface area contributed by atoms with Crippen molar-refractivity contribution in [3.8, 4) is 5.75 Å². The Morgan fingerprint density at radius 2 is 2.19 bits per heavy atom. The molecule has 1 aromatic heterocycles. The molecule has 2 aromatic rings. The van der Waals surface area contributed by atoms with E-state index in [9.17, 15) is 4.79 Å². The summed E-state index contributed by atoms with van der Waals surface area (Å²) in [6, 6.07) is 7.42. The predicted octanol–water partition coefficient (Wildman–Crippen LogP) is 3.15. The van der Waals surface area contributed by atoms with Crippen molar-refractivity contribution in [1.29, 1.82) is 0 Å². The smallest absolute Gasteiger partial charge is 0.249 e. The van der Waals surface area contributed by atoms with Gasteiger partial charge >= 0.3 is 0 Å². The van der Waals surface area contributed by atoms with Crippen LogP contribution >= 0.6 is 15.9 Å². The van der Waals surface area contributed by atoms with Gasteiger partial charge in [0.15, 0.2) is 0 Å². The van der Waals surface area contributed by atoms with Crippen molar-refractivity contribution in [3.63, 3.8) is 0 Å². The van der Waals surface area contributed by atoms with Gasteiger partial charge in [-0.25, -0.2) is 0 Å². The molecule has 0 radical (unpaired) electrons. The molecule has 1 aromatic carbocycles. The molecule has 0 fully saturated rings. The number of carbonyl (C=O) groups excluding carboxylic acids is 1. The maximum Gasteiger partial charge on any atom is 0.249 e. The lowest BCUT2D eigenvalue weighted by molar-refractivity contribution is -0.111. The summed E-state index contributed by atoms with van der Waals surface area (Å²) in [5.74, 6) is 1.14. The highest BCUT2D eigenvalue weighted by Crippen LogP contribution is 2.24. The van der Waals surface area contributed by atoms with E-state index in [0.29, 0.717) is 11.6 Å². The topological polar surface area (TPSA) is 56.1 Å². The molecule has 0 aliphatic heterocycles. The zero-order valence-electron chi connectivity index (χ0n) is 12.1. The van der Waals surface area contributed by atoms with Crippen molar-refractivity contribution >= 4 is 33.7 Å². The van der Waals surface area contributed by atoms with Gasteiger partial charge in [0.25, 0.3) is 0 Å². The Balaban J connectivity index is 2.12. The summed E-state index contributed by atoms with van der Waals surface area (Å²) in [6.45, 7) is 1.87. The van der Waals surface area contributed by atoms with Crippen LogP contribution in [0, 0.1) is 6.92 Å². The zero-order chi connectivity index (χ0) is 15.4. The van der Waals surface area contributed by atoms with Crippen molar-refractivity contribution in [1.82, 2.24) is 9.78 Å². The van der Waals surface area contributed by atoms with Gasteiger partial charge < -0.3 is 10.1 Å². The number of hydrogen-bond acceptors (Lipinski definition) is 3. The number of aromatic nitrogens is 2. The van der Waals surface area contributed by atoms with Crippen LogP contribution in [0.1, 0.15) is 11.3 Å². The number of hydrogen-bond donors (Lipinski definition) is 1. The molecular weight excluding hydrogens is 334 g/mol. The second-order valence-electron chi connectivity index (χ2n) is 4.50. The maximum atomic E-state index is 11.9. The SMILES string of the molecule is COc1ccc(Br)cc1/C=C/C(=O)Nc1cc(C)nn1C. The van der Waals surface area contributed by atoms with Crippen molar-refractivity contribution in [2.45, 2.75) is 6.92 Å². The minimum Gasteiger partial charge on any atom is -0.496 e. The number of anilines is 1. The maximum absolute atomic E-state index is 11.9. The van der Waals surface area contributed by atoms with Gasteiger partial charge in [0.05, 0.1) is 12.8 Å². The van der Waals surface area contributed by atoms with Crippen molar-refractivity contribution in [2.24, 2.45) is 7.05 Å². The first-order valence-corrected chi connectivity index (χ1v) is 7.12. The van der Waals surface area contributed by atoms with Crippen LogP contribution in [-0.4, -0.2) is 22.8 Å². The second kappa shape index (κ2) is 6.58. The molecule has 0 atom stereocenters. The third kappa shape index (κ3) is 3.95. The molecule has 1 heterocycles. The third-order valence-electron chi connectivity index (χ3n) is 2.86. The molecule has 2 rings (SSSR count). The monoisotopic (exact) mass is 349 g/mol. The van der Waals surface area contributed by atoms with Gasteiger partial charge in [0, 0.05) is 29.2 Å². The number of rotatable bonds is 4. The van der Waals surface area contributed by atoms with Crippen LogP contribution in [-0.2, 0) is 11.8 Å². The lowest BCUT2D eigenvalue weighted by Gasteiger charge is -2.05. The van der Waals surface area contributed by atoms with E-state index in [0.717, 1.165) is 15.7 Å². The van der Waals surface area contributed by atoms with Gasteiger partial charge in [-0.3, -0.25) is 9.48 Å². The van der Waals surface area contributed by atoms with E-state index in [2.05, 4.69) is 26.3 Å². The molecular formula is C15H16BrN3O2. The van der Waals surface area contributed by atoms with E-state index in [-0.39, 0.29) is 5.91 Å². The highest BCUT2D eigenvalue weighted by molar-refractivity contribution is 9.10. The van der Waals surface area contributed by atoms with E-state index in [1.807, 2.05) is 31.2 Å². The lowest BCUT2D eigenvalue weighted by Crippen LogP contribution is -2.11.